The lowest BCUT2D eigenvalue weighted by Gasteiger charge is -2.29. The first-order valence-corrected chi connectivity index (χ1v) is 11.5. The van der Waals surface area contributed by atoms with Gasteiger partial charge >= 0.3 is 0 Å². The molecule has 31 heavy (non-hydrogen) atoms. The lowest BCUT2D eigenvalue weighted by atomic mass is 9.96. The maximum Gasteiger partial charge on any atom is 0.239 e. The second-order valence-electron chi connectivity index (χ2n) is 8.27. The Balaban J connectivity index is 1.37. The van der Waals surface area contributed by atoms with Crippen LogP contribution in [0.15, 0.2) is 30.3 Å². The molecule has 3 N–H and O–H groups in total. The van der Waals surface area contributed by atoms with E-state index >= 15 is 0 Å². The van der Waals surface area contributed by atoms with Crippen molar-refractivity contribution < 1.29 is 9.59 Å². The number of primary amides is 1. The number of anilines is 1. The van der Waals surface area contributed by atoms with E-state index in [1.807, 2.05) is 23.1 Å². The molecule has 7 nitrogen and oxygen atoms in total. The zero-order valence-corrected chi connectivity index (χ0v) is 18.3. The highest BCUT2D eigenvalue weighted by Gasteiger charge is 2.27. The quantitative estimate of drug-likeness (QED) is 0.722. The summed E-state index contributed by atoms with van der Waals surface area (Å²) in [6, 6.07) is 12.7. The molecule has 0 aliphatic carbocycles. The van der Waals surface area contributed by atoms with E-state index < -0.39 is 0 Å². The Morgan fingerprint density at radius 2 is 1.90 bits per heavy atom. The van der Waals surface area contributed by atoms with Gasteiger partial charge < -0.3 is 11.1 Å². The van der Waals surface area contributed by atoms with Crippen LogP contribution in [-0.2, 0) is 29.1 Å². The topological polar surface area (TPSA) is 102 Å². The molecule has 3 heterocycles. The van der Waals surface area contributed by atoms with Crippen LogP contribution in [0.25, 0.3) is 0 Å². The van der Waals surface area contributed by atoms with Crippen molar-refractivity contribution in [1.82, 2.24) is 9.80 Å². The summed E-state index contributed by atoms with van der Waals surface area (Å²) < 4.78 is 0. The average Bonchev–Trinajstić information content (AvgIpc) is 3.10. The van der Waals surface area contributed by atoms with E-state index in [4.69, 9.17) is 5.73 Å². The number of likely N-dealkylation sites (tertiary alicyclic amines) is 1. The number of carbonyl (C=O) groups excluding carboxylic acids is 2. The normalized spacial score (nSPS) is 17.6. The zero-order chi connectivity index (χ0) is 21.8. The number of hydrogen-bond acceptors (Lipinski definition) is 6. The predicted octanol–water partition coefficient (Wildman–Crippen LogP) is 2.31. The van der Waals surface area contributed by atoms with Gasteiger partial charge in [0.25, 0.3) is 0 Å². The minimum absolute atomic E-state index is 0.0904. The molecular weight excluding hydrogens is 410 g/mol. The van der Waals surface area contributed by atoms with Gasteiger partial charge in [0, 0.05) is 30.4 Å². The number of benzene rings is 1. The molecule has 0 bridgehead atoms. The van der Waals surface area contributed by atoms with Crippen molar-refractivity contribution in [2.75, 3.05) is 31.5 Å². The van der Waals surface area contributed by atoms with Crippen molar-refractivity contribution in [2.24, 2.45) is 11.7 Å². The number of piperidine rings is 1. The maximum absolute atomic E-state index is 12.6. The summed E-state index contributed by atoms with van der Waals surface area (Å²) in [4.78, 5) is 29.5. The second kappa shape index (κ2) is 9.60. The van der Waals surface area contributed by atoms with Crippen molar-refractivity contribution in [3.63, 3.8) is 0 Å². The van der Waals surface area contributed by atoms with Crippen LogP contribution in [0.2, 0.25) is 0 Å². The molecule has 2 amide bonds. The summed E-state index contributed by atoms with van der Waals surface area (Å²) in [5.74, 6) is -0.464. The molecule has 8 heteroatoms. The number of nitrogens with one attached hydrogen (secondary N) is 1. The summed E-state index contributed by atoms with van der Waals surface area (Å²) in [5.41, 5.74) is 8.34. The fourth-order valence-corrected chi connectivity index (χ4v) is 5.64. The summed E-state index contributed by atoms with van der Waals surface area (Å²) in [7, 11) is 0. The van der Waals surface area contributed by atoms with Gasteiger partial charge in [-0.1, -0.05) is 30.3 Å². The fourth-order valence-electron chi connectivity index (χ4n) is 4.38. The number of nitrogens with zero attached hydrogens (tertiary/aromatic N) is 3. The van der Waals surface area contributed by atoms with E-state index in [0.29, 0.717) is 36.5 Å². The van der Waals surface area contributed by atoms with Gasteiger partial charge in [0.2, 0.25) is 11.8 Å². The third-order valence-electron chi connectivity index (χ3n) is 6.11. The monoisotopic (exact) mass is 437 g/mol. The van der Waals surface area contributed by atoms with E-state index in [1.54, 1.807) is 0 Å². The predicted molar refractivity (Wildman–Crippen MR) is 120 cm³/mol. The van der Waals surface area contributed by atoms with E-state index in [0.717, 1.165) is 36.5 Å². The molecule has 2 aliphatic rings. The van der Waals surface area contributed by atoms with Crippen LogP contribution in [-0.4, -0.2) is 47.8 Å². The molecule has 0 unspecified atom stereocenters. The molecule has 2 aromatic rings. The number of thiophene rings is 1. The molecule has 0 atom stereocenters. The second-order valence-corrected chi connectivity index (χ2v) is 9.37. The Kier molecular flexibility index (Phi) is 6.66. The average molecular weight is 438 g/mol. The first kappa shape index (κ1) is 21.5. The molecule has 162 valence electrons. The third kappa shape index (κ3) is 5.13. The van der Waals surface area contributed by atoms with Crippen molar-refractivity contribution >= 4 is 28.2 Å². The van der Waals surface area contributed by atoms with Gasteiger partial charge in [-0.05, 0) is 43.5 Å². The first-order chi connectivity index (χ1) is 15.0. The Bertz CT molecular complexity index is 989. The highest BCUT2D eigenvalue weighted by atomic mass is 32.1. The summed E-state index contributed by atoms with van der Waals surface area (Å²) in [6.45, 7) is 4.20. The summed E-state index contributed by atoms with van der Waals surface area (Å²) >= 11 is 1.52. The Hall–Kier alpha value is -2.73. The fraction of sp³-hybridized carbons (Fsp3) is 0.435. The van der Waals surface area contributed by atoms with Gasteiger partial charge in [0.1, 0.15) is 11.1 Å². The standard InChI is InChI=1S/C23H27N5O2S/c24-12-19-18-8-11-28(13-16-4-2-1-3-5-16)14-20(18)31-23(19)26-21(29)15-27-9-6-17(7-10-27)22(25)30/h1-5,17H,6-11,13-15H2,(H2,25,30)(H,26,29). The number of fused-ring (bicyclic) bond motifs is 1. The van der Waals surface area contributed by atoms with Gasteiger partial charge in [-0.15, -0.1) is 11.3 Å². The molecule has 0 saturated carbocycles. The van der Waals surface area contributed by atoms with E-state index in [1.165, 1.54) is 16.9 Å². The van der Waals surface area contributed by atoms with Crippen LogP contribution >= 0.6 is 11.3 Å². The molecule has 4 rings (SSSR count). The van der Waals surface area contributed by atoms with Crippen LogP contribution in [0.1, 0.15) is 34.4 Å². The lowest BCUT2D eigenvalue weighted by molar-refractivity contribution is -0.123. The SMILES string of the molecule is N#Cc1c(NC(=O)CN2CCC(C(N)=O)CC2)sc2c1CCN(Cc1ccccc1)C2. The smallest absolute Gasteiger partial charge is 0.239 e. The van der Waals surface area contributed by atoms with Crippen LogP contribution in [0.5, 0.6) is 0 Å². The van der Waals surface area contributed by atoms with Crippen LogP contribution in [0.3, 0.4) is 0 Å². The Morgan fingerprint density at radius 1 is 1.16 bits per heavy atom. The zero-order valence-electron chi connectivity index (χ0n) is 17.5. The third-order valence-corrected chi connectivity index (χ3v) is 7.24. The minimum atomic E-state index is -0.256. The maximum atomic E-state index is 12.6. The van der Waals surface area contributed by atoms with E-state index in [-0.39, 0.29) is 24.3 Å². The first-order valence-electron chi connectivity index (χ1n) is 10.7. The Labute approximate surface area is 186 Å². The van der Waals surface area contributed by atoms with Crippen LogP contribution in [0.4, 0.5) is 5.00 Å². The van der Waals surface area contributed by atoms with Crippen molar-refractivity contribution in [3.8, 4) is 6.07 Å². The number of carbonyl (C=O) groups is 2. The van der Waals surface area contributed by atoms with Crippen LogP contribution < -0.4 is 11.1 Å². The summed E-state index contributed by atoms with van der Waals surface area (Å²) in [5, 5.41) is 13.3. The number of nitriles is 1. The largest absolute Gasteiger partial charge is 0.369 e. The highest BCUT2D eigenvalue weighted by Crippen LogP contribution is 2.37. The molecular formula is C23H27N5O2S. The van der Waals surface area contributed by atoms with E-state index in [9.17, 15) is 14.9 Å². The number of hydrogen-bond donors (Lipinski definition) is 2. The number of nitrogens with two attached hydrogens (primary N) is 1. The van der Waals surface area contributed by atoms with Gasteiger partial charge in [0.15, 0.2) is 0 Å². The van der Waals surface area contributed by atoms with Crippen molar-refractivity contribution in [2.45, 2.75) is 32.4 Å². The lowest BCUT2D eigenvalue weighted by Crippen LogP contribution is -2.42. The van der Waals surface area contributed by atoms with Crippen LogP contribution in [0, 0.1) is 17.2 Å². The van der Waals surface area contributed by atoms with Gasteiger partial charge in [0.05, 0.1) is 12.1 Å². The molecule has 1 fully saturated rings. The van der Waals surface area contributed by atoms with Gasteiger partial charge in [-0.3, -0.25) is 19.4 Å². The molecule has 0 spiro atoms. The molecule has 1 aromatic carbocycles. The van der Waals surface area contributed by atoms with Crippen molar-refractivity contribution in [3.05, 3.63) is 51.9 Å². The van der Waals surface area contributed by atoms with E-state index in [2.05, 4.69) is 28.4 Å². The Morgan fingerprint density at radius 3 is 2.58 bits per heavy atom. The summed E-state index contributed by atoms with van der Waals surface area (Å²) in [6.07, 6.45) is 2.20. The van der Waals surface area contributed by atoms with Crippen molar-refractivity contribution in [1.29, 1.82) is 5.26 Å². The minimum Gasteiger partial charge on any atom is -0.369 e. The molecule has 1 aromatic heterocycles. The van der Waals surface area contributed by atoms with Gasteiger partial charge in [-0.25, -0.2) is 0 Å². The number of rotatable bonds is 6. The molecule has 1 saturated heterocycles. The molecule has 0 radical (unpaired) electrons. The van der Waals surface area contributed by atoms with Gasteiger partial charge in [-0.2, -0.15) is 5.26 Å². The highest BCUT2D eigenvalue weighted by molar-refractivity contribution is 7.16. The number of amides is 2. The molecule has 2 aliphatic heterocycles.